The SMILES string of the molecule is CC(=O)NCC1CN(c2ccc(-c3ccc(C(O)C(CF)NC(=O)C(Cl)Cl)cc3)c(F)c2)C(=O)O1. The maximum absolute atomic E-state index is 14.9. The third kappa shape index (κ3) is 6.59. The molecule has 1 aliphatic rings. The van der Waals surface area contributed by atoms with Crippen LogP contribution in [0.3, 0.4) is 0 Å². The standard InChI is InChI=1S/C23H23Cl2F2N3O5/c1-12(31)28-10-16-11-30(23(34)35-16)15-6-7-17(18(27)8-15)13-2-4-14(5-3-13)20(32)19(9-26)29-22(33)21(24)25/h2-8,16,19-21,32H,9-11H2,1H3,(H,28,31)(H,29,33). The van der Waals surface area contributed by atoms with Gasteiger partial charge < -0.3 is 20.5 Å². The van der Waals surface area contributed by atoms with Crippen molar-refractivity contribution in [2.45, 2.75) is 30.0 Å². The van der Waals surface area contributed by atoms with Crippen LogP contribution in [0.25, 0.3) is 11.1 Å². The van der Waals surface area contributed by atoms with Crippen molar-refractivity contribution in [3.05, 3.63) is 53.8 Å². The fourth-order valence-electron chi connectivity index (χ4n) is 3.54. The Kier molecular flexibility index (Phi) is 8.87. The maximum Gasteiger partial charge on any atom is 0.414 e. The number of aliphatic hydroxyl groups is 1. The number of hydrogen-bond donors (Lipinski definition) is 3. The van der Waals surface area contributed by atoms with E-state index < -0.39 is 47.6 Å². The van der Waals surface area contributed by atoms with E-state index in [1.54, 1.807) is 6.07 Å². The van der Waals surface area contributed by atoms with Crippen LogP contribution in [0.15, 0.2) is 42.5 Å². The predicted octanol–water partition coefficient (Wildman–Crippen LogP) is 3.25. The number of nitrogens with one attached hydrogen (secondary N) is 2. The molecule has 1 fully saturated rings. The van der Waals surface area contributed by atoms with Crippen molar-refractivity contribution < 1.29 is 33.0 Å². The lowest BCUT2D eigenvalue weighted by atomic mass is 9.98. The fraction of sp³-hybridized carbons (Fsp3) is 0.348. The third-order valence-corrected chi connectivity index (χ3v) is 5.75. The van der Waals surface area contributed by atoms with Crippen LogP contribution in [0.1, 0.15) is 18.6 Å². The number of cyclic esters (lactones) is 1. The number of halogens is 4. The summed E-state index contributed by atoms with van der Waals surface area (Å²) in [7, 11) is 0. The van der Waals surface area contributed by atoms with Gasteiger partial charge in [-0.3, -0.25) is 14.5 Å². The molecule has 8 nitrogen and oxygen atoms in total. The lowest BCUT2D eigenvalue weighted by Crippen LogP contribution is -2.43. The highest BCUT2D eigenvalue weighted by Gasteiger charge is 2.33. The van der Waals surface area contributed by atoms with Crippen molar-refractivity contribution in [3.8, 4) is 11.1 Å². The molecule has 0 aliphatic carbocycles. The van der Waals surface area contributed by atoms with Gasteiger partial charge in [-0.05, 0) is 29.3 Å². The lowest BCUT2D eigenvalue weighted by Gasteiger charge is -2.22. The van der Waals surface area contributed by atoms with E-state index in [-0.39, 0.29) is 24.6 Å². The minimum Gasteiger partial charge on any atom is -0.442 e. The Morgan fingerprint density at radius 1 is 1.23 bits per heavy atom. The van der Waals surface area contributed by atoms with Crippen LogP contribution in [0.5, 0.6) is 0 Å². The van der Waals surface area contributed by atoms with Gasteiger partial charge >= 0.3 is 6.09 Å². The van der Waals surface area contributed by atoms with Gasteiger partial charge in [-0.15, -0.1) is 0 Å². The lowest BCUT2D eigenvalue weighted by molar-refractivity contribution is -0.121. The minimum atomic E-state index is -1.41. The summed E-state index contributed by atoms with van der Waals surface area (Å²) in [6.45, 7) is 0.604. The average Bonchev–Trinajstić information content (AvgIpc) is 3.21. The van der Waals surface area contributed by atoms with Crippen LogP contribution >= 0.6 is 23.2 Å². The van der Waals surface area contributed by atoms with Crippen molar-refractivity contribution in [2.75, 3.05) is 24.7 Å². The largest absolute Gasteiger partial charge is 0.442 e. The number of hydrogen-bond acceptors (Lipinski definition) is 5. The third-order valence-electron chi connectivity index (χ3n) is 5.35. The number of ether oxygens (including phenoxy) is 1. The first-order valence-corrected chi connectivity index (χ1v) is 11.4. The number of carbonyl (C=O) groups excluding carboxylic acids is 3. The Hall–Kier alpha value is -2.95. The molecule has 3 N–H and O–H groups in total. The fourth-order valence-corrected chi connectivity index (χ4v) is 3.67. The molecule has 0 spiro atoms. The highest BCUT2D eigenvalue weighted by atomic mass is 35.5. The highest BCUT2D eigenvalue weighted by Crippen LogP contribution is 2.30. The van der Waals surface area contributed by atoms with E-state index in [9.17, 15) is 28.3 Å². The average molecular weight is 530 g/mol. The normalized spacial score (nSPS) is 17.2. The van der Waals surface area contributed by atoms with Gasteiger partial charge in [0.1, 0.15) is 24.7 Å². The number of benzene rings is 2. The van der Waals surface area contributed by atoms with E-state index in [0.717, 1.165) is 0 Å². The quantitative estimate of drug-likeness (QED) is 0.432. The Balaban J connectivity index is 1.71. The molecule has 0 radical (unpaired) electrons. The van der Waals surface area contributed by atoms with Crippen LogP contribution in [0, 0.1) is 5.82 Å². The molecule has 0 aromatic heterocycles. The van der Waals surface area contributed by atoms with Gasteiger partial charge in [0.2, 0.25) is 5.91 Å². The van der Waals surface area contributed by atoms with Crippen molar-refractivity contribution in [2.24, 2.45) is 0 Å². The van der Waals surface area contributed by atoms with Gasteiger partial charge in [0.15, 0.2) is 4.84 Å². The van der Waals surface area contributed by atoms with Crippen molar-refractivity contribution >= 4 is 46.8 Å². The molecular weight excluding hydrogens is 507 g/mol. The number of aliphatic hydroxyl groups excluding tert-OH is 1. The van der Waals surface area contributed by atoms with Gasteiger partial charge in [0, 0.05) is 12.5 Å². The Morgan fingerprint density at radius 2 is 1.91 bits per heavy atom. The molecule has 0 bridgehead atoms. The van der Waals surface area contributed by atoms with Gasteiger partial charge in [-0.2, -0.15) is 0 Å². The van der Waals surface area contributed by atoms with E-state index in [4.69, 9.17) is 27.9 Å². The van der Waals surface area contributed by atoms with E-state index >= 15 is 0 Å². The number of anilines is 1. The molecule has 12 heteroatoms. The summed E-state index contributed by atoms with van der Waals surface area (Å²) < 4.78 is 33.5. The number of rotatable bonds is 9. The van der Waals surface area contributed by atoms with Gasteiger partial charge in [0.05, 0.1) is 24.8 Å². The smallest absolute Gasteiger partial charge is 0.414 e. The maximum atomic E-state index is 14.9. The van der Waals surface area contributed by atoms with Crippen LogP contribution in [-0.4, -0.2) is 59.8 Å². The topological polar surface area (TPSA) is 108 Å². The van der Waals surface area contributed by atoms with Crippen molar-refractivity contribution in [3.63, 3.8) is 0 Å². The molecular formula is C23H23Cl2F2N3O5. The summed E-state index contributed by atoms with van der Waals surface area (Å²) in [5.41, 5.74) is 1.30. The molecule has 0 saturated carbocycles. The first-order valence-electron chi connectivity index (χ1n) is 10.6. The molecule has 2 aromatic rings. The van der Waals surface area contributed by atoms with E-state index in [2.05, 4.69) is 10.6 Å². The summed E-state index contributed by atoms with van der Waals surface area (Å²) in [6, 6.07) is 9.02. The van der Waals surface area contributed by atoms with Crippen molar-refractivity contribution in [1.82, 2.24) is 10.6 Å². The monoisotopic (exact) mass is 529 g/mol. The Bertz CT molecular complexity index is 1090. The van der Waals surface area contributed by atoms with E-state index in [1.165, 1.54) is 48.2 Å². The van der Waals surface area contributed by atoms with E-state index in [0.29, 0.717) is 16.8 Å². The Morgan fingerprint density at radius 3 is 2.49 bits per heavy atom. The molecule has 1 saturated heterocycles. The molecule has 1 heterocycles. The van der Waals surface area contributed by atoms with Gasteiger partial charge in [-0.25, -0.2) is 13.6 Å². The minimum absolute atomic E-state index is 0.154. The van der Waals surface area contributed by atoms with Crippen molar-refractivity contribution in [1.29, 1.82) is 0 Å². The number of carbonyl (C=O) groups is 3. The highest BCUT2D eigenvalue weighted by molar-refractivity contribution is 6.53. The molecule has 35 heavy (non-hydrogen) atoms. The van der Waals surface area contributed by atoms with Crippen LogP contribution in [0.2, 0.25) is 0 Å². The zero-order chi connectivity index (χ0) is 25.7. The van der Waals surface area contributed by atoms with Crippen LogP contribution in [-0.2, 0) is 14.3 Å². The summed E-state index contributed by atoms with van der Waals surface area (Å²) in [5.74, 6) is -1.69. The van der Waals surface area contributed by atoms with Gasteiger partial charge in [-0.1, -0.05) is 47.5 Å². The summed E-state index contributed by atoms with van der Waals surface area (Å²) in [4.78, 5) is 34.7. The first-order chi connectivity index (χ1) is 16.6. The zero-order valence-electron chi connectivity index (χ0n) is 18.5. The predicted molar refractivity (Wildman–Crippen MR) is 126 cm³/mol. The molecule has 2 aromatic carbocycles. The Labute approximate surface area is 210 Å². The van der Waals surface area contributed by atoms with Crippen LogP contribution < -0.4 is 15.5 Å². The molecule has 3 rings (SSSR count). The molecule has 188 valence electrons. The van der Waals surface area contributed by atoms with E-state index in [1.807, 2.05) is 0 Å². The molecule has 3 unspecified atom stereocenters. The molecule has 1 aliphatic heterocycles. The second-order valence-electron chi connectivity index (χ2n) is 7.85. The van der Waals surface area contributed by atoms with Gasteiger partial charge in [0.25, 0.3) is 5.91 Å². The number of amides is 3. The second-order valence-corrected chi connectivity index (χ2v) is 8.95. The zero-order valence-corrected chi connectivity index (χ0v) is 20.0. The molecule has 3 atom stereocenters. The summed E-state index contributed by atoms with van der Waals surface area (Å²) in [5, 5.41) is 15.2. The summed E-state index contributed by atoms with van der Waals surface area (Å²) in [6.07, 6.45) is -2.58. The number of nitrogens with zero attached hydrogens (tertiary/aromatic N) is 1. The first kappa shape index (κ1) is 26.7. The second kappa shape index (κ2) is 11.7. The van der Waals surface area contributed by atoms with Crippen LogP contribution in [0.4, 0.5) is 19.3 Å². The molecule has 3 amide bonds. The summed E-state index contributed by atoms with van der Waals surface area (Å²) >= 11 is 10.9. The number of alkyl halides is 3.